The largest absolute Gasteiger partial charge is 0.521 e. The highest BCUT2D eigenvalue weighted by molar-refractivity contribution is 6.04. The summed E-state index contributed by atoms with van der Waals surface area (Å²) < 4.78 is 28.3. The minimum absolute atomic E-state index is 0.0881. The van der Waals surface area contributed by atoms with Gasteiger partial charge in [-0.05, 0) is 80.3 Å². The van der Waals surface area contributed by atoms with Gasteiger partial charge in [0.1, 0.15) is 29.3 Å². The molecule has 0 radical (unpaired) electrons. The Labute approximate surface area is 289 Å². The SMILES string of the molecule is COC(=O)c1cccc2cc(CNC3CCC[N+](C(=O)OC(C)(C)C)(c4ccc(OCCCOCc5ccccc5OC)cc4)C3)ccc12. The summed E-state index contributed by atoms with van der Waals surface area (Å²) in [5.41, 5.74) is 2.93. The van der Waals surface area contributed by atoms with Crippen LogP contribution in [0, 0.1) is 0 Å². The third-order valence-corrected chi connectivity index (χ3v) is 8.80. The van der Waals surface area contributed by atoms with Crippen molar-refractivity contribution in [2.75, 3.05) is 40.5 Å². The highest BCUT2D eigenvalue weighted by Gasteiger charge is 2.47. The lowest BCUT2D eigenvalue weighted by Gasteiger charge is -2.41. The molecule has 1 amide bonds. The standard InChI is InChI=1S/C40H49N2O7/c1-40(2,3)49-39(44)42(33-17-19-34(20-18-33)48-24-10-23-47-28-31-11-6-7-15-37(31)45-4)22-9-13-32(27-42)41-26-29-16-21-35-30(25-29)12-8-14-36(35)38(43)46-5/h6-8,11-12,14-21,25,32,41H,9-10,13,22-24,26-28H2,1-5H3/q+1. The molecule has 1 saturated heterocycles. The predicted molar refractivity (Wildman–Crippen MR) is 192 cm³/mol. The minimum atomic E-state index is -0.617. The molecule has 1 fully saturated rings. The van der Waals surface area contributed by atoms with Gasteiger partial charge in [0.25, 0.3) is 0 Å². The molecule has 1 N–H and O–H groups in total. The molecular weight excluding hydrogens is 620 g/mol. The first-order valence-electron chi connectivity index (χ1n) is 17.0. The van der Waals surface area contributed by atoms with E-state index in [1.807, 2.05) is 93.6 Å². The molecule has 4 aromatic rings. The summed E-state index contributed by atoms with van der Waals surface area (Å²) >= 11 is 0. The first-order valence-corrected chi connectivity index (χ1v) is 17.0. The number of nitrogens with one attached hydrogen (secondary N) is 1. The summed E-state index contributed by atoms with van der Waals surface area (Å²) in [5.74, 6) is 1.22. The molecule has 2 atom stereocenters. The molecule has 1 aliphatic heterocycles. The van der Waals surface area contributed by atoms with Gasteiger partial charge in [-0.25, -0.2) is 4.79 Å². The molecule has 9 nitrogen and oxygen atoms in total. The van der Waals surface area contributed by atoms with Crippen LogP contribution in [-0.4, -0.2) is 64.2 Å². The van der Waals surface area contributed by atoms with E-state index in [1.165, 1.54) is 7.11 Å². The van der Waals surface area contributed by atoms with Gasteiger partial charge in [-0.15, -0.1) is 0 Å². The summed E-state index contributed by atoms with van der Waals surface area (Å²) in [6, 6.07) is 27.5. The Morgan fingerprint density at radius 3 is 2.47 bits per heavy atom. The van der Waals surface area contributed by atoms with Crippen LogP contribution in [0.1, 0.15) is 61.5 Å². The second-order valence-electron chi connectivity index (χ2n) is 13.5. The Bertz CT molecular complexity index is 1720. The van der Waals surface area contributed by atoms with Gasteiger partial charge in [0, 0.05) is 30.7 Å². The van der Waals surface area contributed by atoms with Crippen LogP contribution < -0.4 is 19.3 Å². The monoisotopic (exact) mass is 669 g/mol. The quantitative estimate of drug-likeness (QED) is 0.0876. The number of quaternary nitrogens is 1. The number of ether oxygens (including phenoxy) is 5. The normalized spacial score (nSPS) is 17.8. The van der Waals surface area contributed by atoms with E-state index in [9.17, 15) is 9.59 Å². The van der Waals surface area contributed by atoms with E-state index < -0.39 is 5.60 Å². The van der Waals surface area contributed by atoms with Crippen molar-refractivity contribution in [1.82, 2.24) is 9.80 Å². The number of amides is 1. The van der Waals surface area contributed by atoms with Gasteiger partial charge in [0.15, 0.2) is 0 Å². The van der Waals surface area contributed by atoms with Gasteiger partial charge in [0.05, 0.1) is 52.2 Å². The van der Waals surface area contributed by atoms with Crippen LogP contribution in [0.4, 0.5) is 10.5 Å². The number of piperidine rings is 1. The Kier molecular flexibility index (Phi) is 11.9. The van der Waals surface area contributed by atoms with Crippen LogP contribution >= 0.6 is 0 Å². The fourth-order valence-electron chi connectivity index (χ4n) is 6.36. The highest BCUT2D eigenvalue weighted by atomic mass is 16.6. The van der Waals surface area contributed by atoms with Crippen molar-refractivity contribution in [3.05, 3.63) is 102 Å². The van der Waals surface area contributed by atoms with Gasteiger partial charge in [0.2, 0.25) is 0 Å². The van der Waals surface area contributed by atoms with Crippen molar-refractivity contribution in [1.29, 1.82) is 0 Å². The van der Waals surface area contributed by atoms with Gasteiger partial charge < -0.3 is 29.0 Å². The molecule has 0 saturated carbocycles. The van der Waals surface area contributed by atoms with Crippen LogP contribution in [0.25, 0.3) is 10.8 Å². The Balaban J connectivity index is 1.21. The van der Waals surface area contributed by atoms with Gasteiger partial charge in [-0.3, -0.25) is 0 Å². The maximum atomic E-state index is 13.9. The van der Waals surface area contributed by atoms with Crippen LogP contribution in [0.2, 0.25) is 0 Å². The van der Waals surface area contributed by atoms with Gasteiger partial charge >= 0.3 is 12.1 Å². The number of methoxy groups -OCH3 is 2. The Morgan fingerprint density at radius 1 is 0.918 bits per heavy atom. The number of rotatable bonds is 13. The van der Waals surface area contributed by atoms with Crippen molar-refractivity contribution in [2.24, 2.45) is 0 Å². The summed E-state index contributed by atoms with van der Waals surface area (Å²) in [4.78, 5) is 26.2. The number of carbonyl (C=O) groups excluding carboxylic acids is 2. The van der Waals surface area contributed by atoms with E-state index in [2.05, 4.69) is 11.4 Å². The number of likely N-dealkylation sites (tertiary alicyclic amines) is 1. The molecule has 0 bridgehead atoms. The number of hydrogen-bond acceptors (Lipinski definition) is 8. The predicted octanol–water partition coefficient (Wildman–Crippen LogP) is 7.82. The third kappa shape index (κ3) is 9.17. The average molecular weight is 670 g/mol. The van der Waals surface area contributed by atoms with Crippen molar-refractivity contribution in [3.63, 3.8) is 0 Å². The molecule has 1 heterocycles. The molecule has 1 aliphatic rings. The number of fused-ring (bicyclic) bond motifs is 1. The third-order valence-electron chi connectivity index (χ3n) is 8.80. The highest BCUT2D eigenvalue weighted by Crippen LogP contribution is 2.33. The average Bonchev–Trinajstić information content (AvgIpc) is 3.11. The summed E-state index contributed by atoms with van der Waals surface area (Å²) in [6.45, 7) is 9.14. The number of esters is 1. The van der Waals surface area contributed by atoms with E-state index >= 15 is 0 Å². The maximum absolute atomic E-state index is 13.9. The zero-order valence-corrected chi connectivity index (χ0v) is 29.3. The fraction of sp³-hybridized carbons (Fsp3) is 0.400. The molecule has 260 valence electrons. The van der Waals surface area contributed by atoms with Crippen LogP contribution in [0.3, 0.4) is 0 Å². The second kappa shape index (κ2) is 16.3. The lowest BCUT2D eigenvalue weighted by molar-refractivity contribution is 0.0201. The first kappa shape index (κ1) is 35.9. The van der Waals surface area contributed by atoms with Crippen molar-refractivity contribution in [3.8, 4) is 11.5 Å². The van der Waals surface area contributed by atoms with E-state index in [1.54, 1.807) is 13.2 Å². The molecule has 49 heavy (non-hydrogen) atoms. The van der Waals surface area contributed by atoms with E-state index in [4.69, 9.17) is 23.7 Å². The molecule has 0 aromatic heterocycles. The van der Waals surface area contributed by atoms with Crippen LogP contribution in [-0.2, 0) is 27.4 Å². The Morgan fingerprint density at radius 2 is 1.71 bits per heavy atom. The Hall–Kier alpha value is -4.44. The molecule has 2 unspecified atom stereocenters. The number of benzene rings is 4. The summed E-state index contributed by atoms with van der Waals surface area (Å²) in [5, 5.41) is 5.55. The zero-order chi connectivity index (χ0) is 34.9. The molecule has 4 aromatic carbocycles. The second-order valence-corrected chi connectivity index (χ2v) is 13.5. The fourth-order valence-corrected chi connectivity index (χ4v) is 6.36. The molecule has 0 aliphatic carbocycles. The minimum Gasteiger partial charge on any atom is -0.496 e. The molecule has 0 spiro atoms. The lowest BCUT2D eigenvalue weighted by atomic mass is 10.00. The molecule has 5 rings (SSSR count). The van der Waals surface area contributed by atoms with Crippen LogP contribution in [0.15, 0.2) is 84.9 Å². The van der Waals surface area contributed by atoms with E-state index in [-0.39, 0.29) is 22.6 Å². The van der Waals surface area contributed by atoms with Gasteiger partial charge in [-0.2, -0.15) is 9.28 Å². The molecule has 9 heteroatoms. The number of nitrogens with zero attached hydrogens (tertiary/aromatic N) is 1. The van der Waals surface area contributed by atoms with Gasteiger partial charge in [-0.1, -0.05) is 42.5 Å². The van der Waals surface area contributed by atoms with Crippen molar-refractivity contribution in [2.45, 2.75) is 64.8 Å². The maximum Gasteiger partial charge on any atom is 0.521 e. The summed E-state index contributed by atoms with van der Waals surface area (Å²) in [7, 11) is 3.06. The number of carbonyl (C=O) groups is 2. The van der Waals surface area contributed by atoms with Crippen molar-refractivity contribution < 1.29 is 33.3 Å². The van der Waals surface area contributed by atoms with Crippen LogP contribution in [0.5, 0.6) is 11.5 Å². The lowest BCUT2D eigenvalue weighted by Crippen LogP contribution is -2.64. The zero-order valence-electron chi connectivity index (χ0n) is 29.3. The van der Waals surface area contributed by atoms with E-state index in [0.29, 0.717) is 45.0 Å². The number of para-hydroxylation sites is 1. The number of hydrogen-bond donors (Lipinski definition) is 1. The molecular formula is C40H49N2O7+. The summed E-state index contributed by atoms with van der Waals surface area (Å²) in [6.07, 6.45) is 2.31. The van der Waals surface area contributed by atoms with Crippen molar-refractivity contribution >= 4 is 28.5 Å². The first-order chi connectivity index (χ1) is 23.6. The van der Waals surface area contributed by atoms with E-state index in [0.717, 1.165) is 58.3 Å². The smallest absolute Gasteiger partial charge is 0.496 e. The topological polar surface area (TPSA) is 92.3 Å².